The summed E-state index contributed by atoms with van der Waals surface area (Å²) < 4.78 is 2.49. The van der Waals surface area contributed by atoms with E-state index in [1.54, 1.807) is 0 Å². The normalized spacial score (nSPS) is 13.4. The minimum atomic E-state index is -0.365. The van der Waals surface area contributed by atoms with Crippen LogP contribution in [0.2, 0.25) is 0 Å². The molecule has 3 nitrogen and oxygen atoms in total. The number of aromatic nitrogens is 3. The van der Waals surface area contributed by atoms with E-state index in [4.69, 9.17) is 15.0 Å². The van der Waals surface area contributed by atoms with Gasteiger partial charge >= 0.3 is 0 Å². The predicted molar refractivity (Wildman–Crippen MR) is 205 cm³/mol. The molecular formula is C46H27N3S. The van der Waals surface area contributed by atoms with Gasteiger partial charge in [0.1, 0.15) is 0 Å². The molecule has 2 aromatic heterocycles. The molecule has 2 aliphatic rings. The van der Waals surface area contributed by atoms with Gasteiger partial charge in [0.25, 0.3) is 0 Å². The molecule has 232 valence electrons. The van der Waals surface area contributed by atoms with Crippen molar-refractivity contribution in [1.82, 2.24) is 15.0 Å². The maximum absolute atomic E-state index is 5.12. The van der Waals surface area contributed by atoms with E-state index in [1.807, 2.05) is 47.7 Å². The number of fused-ring (bicyclic) bond motifs is 14. The fourth-order valence-electron chi connectivity index (χ4n) is 8.54. The first-order chi connectivity index (χ1) is 24.8. The van der Waals surface area contributed by atoms with Crippen molar-refractivity contribution in [3.05, 3.63) is 186 Å². The van der Waals surface area contributed by atoms with Crippen LogP contribution in [0.15, 0.2) is 164 Å². The van der Waals surface area contributed by atoms with Gasteiger partial charge in [0.15, 0.2) is 17.5 Å². The van der Waals surface area contributed by atoms with E-state index in [9.17, 15) is 0 Å². The van der Waals surface area contributed by atoms with Crippen LogP contribution in [0, 0.1) is 0 Å². The Balaban J connectivity index is 1.20. The Morgan fingerprint density at radius 2 is 0.820 bits per heavy atom. The van der Waals surface area contributed by atoms with E-state index in [0.717, 1.165) is 16.7 Å². The second-order valence-electron chi connectivity index (χ2n) is 13.1. The van der Waals surface area contributed by atoms with Crippen molar-refractivity contribution >= 4 is 31.5 Å². The highest BCUT2D eigenvalue weighted by Gasteiger charge is 2.52. The predicted octanol–water partition coefficient (Wildman–Crippen LogP) is 11.6. The highest BCUT2D eigenvalue weighted by molar-refractivity contribution is 7.27. The summed E-state index contributed by atoms with van der Waals surface area (Å²) in [5.74, 6) is 2.02. The van der Waals surface area contributed by atoms with Crippen molar-refractivity contribution in [3.63, 3.8) is 0 Å². The van der Waals surface area contributed by atoms with E-state index in [2.05, 4.69) is 127 Å². The summed E-state index contributed by atoms with van der Waals surface area (Å²) in [7, 11) is 0. The van der Waals surface area contributed by atoms with Crippen LogP contribution < -0.4 is 0 Å². The SMILES string of the molecule is c1ccc(-c2nc(-c3ccccc3)nc(-c3cccc4c3sc3c5c(ccc34)C3(c4ccccc4-c4ccccc43)c3ccccc3-5)n2)cc1. The largest absolute Gasteiger partial charge is 0.208 e. The molecule has 1 spiro atoms. The molecule has 4 heteroatoms. The second kappa shape index (κ2) is 10.4. The lowest BCUT2D eigenvalue weighted by Gasteiger charge is -2.30. The van der Waals surface area contributed by atoms with Gasteiger partial charge in [0.05, 0.1) is 5.41 Å². The molecule has 2 aliphatic carbocycles. The van der Waals surface area contributed by atoms with E-state index < -0.39 is 0 Å². The molecular weight excluding hydrogens is 627 g/mol. The molecule has 0 saturated heterocycles. The van der Waals surface area contributed by atoms with Gasteiger partial charge in [-0.2, -0.15) is 0 Å². The minimum absolute atomic E-state index is 0.365. The molecule has 7 aromatic carbocycles. The average molecular weight is 654 g/mol. The van der Waals surface area contributed by atoms with Crippen LogP contribution >= 0.6 is 11.3 Å². The van der Waals surface area contributed by atoms with Gasteiger partial charge in [0.2, 0.25) is 0 Å². The molecule has 9 aromatic rings. The smallest absolute Gasteiger partial charge is 0.165 e. The van der Waals surface area contributed by atoms with E-state index in [0.29, 0.717) is 17.5 Å². The van der Waals surface area contributed by atoms with Crippen molar-refractivity contribution in [2.24, 2.45) is 0 Å². The van der Waals surface area contributed by atoms with Gasteiger partial charge in [-0.05, 0) is 45.0 Å². The third-order valence-electron chi connectivity index (χ3n) is 10.6. The van der Waals surface area contributed by atoms with Gasteiger partial charge in [-0.1, -0.05) is 158 Å². The quantitative estimate of drug-likeness (QED) is 0.190. The van der Waals surface area contributed by atoms with Gasteiger partial charge in [0, 0.05) is 42.4 Å². The number of nitrogens with zero attached hydrogens (tertiary/aromatic N) is 3. The van der Waals surface area contributed by atoms with Crippen molar-refractivity contribution in [2.75, 3.05) is 0 Å². The van der Waals surface area contributed by atoms with Gasteiger partial charge in [-0.15, -0.1) is 11.3 Å². The Labute approximate surface area is 293 Å². The maximum Gasteiger partial charge on any atom is 0.165 e. The van der Waals surface area contributed by atoms with Crippen LogP contribution in [0.5, 0.6) is 0 Å². The first kappa shape index (κ1) is 27.7. The number of benzene rings is 7. The molecule has 0 bridgehead atoms. The molecule has 0 aliphatic heterocycles. The zero-order valence-electron chi connectivity index (χ0n) is 26.8. The lowest BCUT2D eigenvalue weighted by atomic mass is 9.70. The highest BCUT2D eigenvalue weighted by Crippen LogP contribution is 2.64. The van der Waals surface area contributed by atoms with Crippen LogP contribution in [0.1, 0.15) is 22.3 Å². The average Bonchev–Trinajstić information content (AvgIpc) is 3.83. The molecule has 0 radical (unpaired) electrons. The Morgan fingerprint density at radius 1 is 0.340 bits per heavy atom. The molecule has 0 N–H and O–H groups in total. The topological polar surface area (TPSA) is 38.7 Å². The number of hydrogen-bond acceptors (Lipinski definition) is 4. The van der Waals surface area contributed by atoms with Crippen molar-refractivity contribution < 1.29 is 0 Å². The lowest BCUT2D eigenvalue weighted by molar-refractivity contribution is 0.794. The zero-order chi connectivity index (χ0) is 32.8. The van der Waals surface area contributed by atoms with E-state index >= 15 is 0 Å². The van der Waals surface area contributed by atoms with Gasteiger partial charge < -0.3 is 0 Å². The first-order valence-electron chi connectivity index (χ1n) is 17.0. The summed E-state index contributed by atoms with van der Waals surface area (Å²) in [6.45, 7) is 0. The Morgan fingerprint density at radius 3 is 1.44 bits per heavy atom. The molecule has 0 amide bonds. The summed E-state index contributed by atoms with van der Waals surface area (Å²) in [6.07, 6.45) is 0. The van der Waals surface area contributed by atoms with Crippen LogP contribution in [-0.4, -0.2) is 15.0 Å². The molecule has 2 heterocycles. The van der Waals surface area contributed by atoms with Gasteiger partial charge in [-0.3, -0.25) is 0 Å². The number of hydrogen-bond donors (Lipinski definition) is 0. The summed E-state index contributed by atoms with van der Waals surface area (Å²) in [5, 5.41) is 2.48. The van der Waals surface area contributed by atoms with Crippen LogP contribution in [-0.2, 0) is 5.41 Å². The van der Waals surface area contributed by atoms with E-state index in [1.165, 1.54) is 64.7 Å². The molecule has 0 saturated carbocycles. The summed E-state index contributed by atoms with van der Waals surface area (Å²) in [5.41, 5.74) is 13.3. The molecule has 0 unspecified atom stereocenters. The van der Waals surface area contributed by atoms with Crippen molar-refractivity contribution in [3.8, 4) is 56.4 Å². The summed E-state index contributed by atoms with van der Waals surface area (Å²) in [4.78, 5) is 15.2. The van der Waals surface area contributed by atoms with Crippen LogP contribution in [0.25, 0.3) is 76.6 Å². The zero-order valence-corrected chi connectivity index (χ0v) is 27.7. The molecule has 0 fully saturated rings. The van der Waals surface area contributed by atoms with Crippen LogP contribution in [0.3, 0.4) is 0 Å². The Hall–Kier alpha value is -6.23. The molecule has 50 heavy (non-hydrogen) atoms. The Kier molecular flexibility index (Phi) is 5.75. The molecule has 11 rings (SSSR count). The minimum Gasteiger partial charge on any atom is -0.208 e. The van der Waals surface area contributed by atoms with Crippen molar-refractivity contribution in [2.45, 2.75) is 5.41 Å². The third kappa shape index (κ3) is 3.66. The molecule has 0 atom stereocenters. The van der Waals surface area contributed by atoms with E-state index in [-0.39, 0.29) is 5.41 Å². The number of rotatable bonds is 3. The summed E-state index contributed by atoms with van der Waals surface area (Å²) in [6, 6.07) is 58.7. The Bertz CT molecular complexity index is 2720. The first-order valence-corrected chi connectivity index (χ1v) is 17.8. The number of thiophene rings is 1. The van der Waals surface area contributed by atoms with Crippen molar-refractivity contribution in [1.29, 1.82) is 0 Å². The maximum atomic E-state index is 5.12. The van der Waals surface area contributed by atoms with Crippen LogP contribution in [0.4, 0.5) is 0 Å². The third-order valence-corrected chi connectivity index (χ3v) is 11.8. The van der Waals surface area contributed by atoms with Gasteiger partial charge in [-0.25, -0.2) is 15.0 Å². The highest BCUT2D eigenvalue weighted by atomic mass is 32.1. The standard InChI is InChI=1S/C46H27N3S/c1-3-14-28(15-4-1)43-47-44(29-16-5-2-6-17-29)49-45(48-43)35-22-13-21-32-33-26-27-39-40(42(33)50-41(32)35)34-20-9-12-25-38(34)46(39)36-23-10-7-18-30(36)31-19-8-11-24-37(31)46/h1-27H. The second-order valence-corrected chi connectivity index (χ2v) is 14.1. The summed E-state index contributed by atoms with van der Waals surface area (Å²) >= 11 is 1.86. The fraction of sp³-hybridized carbons (Fsp3) is 0.0217. The monoisotopic (exact) mass is 653 g/mol. The lowest BCUT2D eigenvalue weighted by Crippen LogP contribution is -2.25. The fourth-order valence-corrected chi connectivity index (χ4v) is 9.91.